The number of nitrogens with two attached hydrogens (primary N) is 1. The molecule has 2 N–H and O–H groups in total. The number of carbonyl (C=O) groups excluding carboxylic acids is 1. The van der Waals surface area contributed by atoms with Crippen molar-refractivity contribution in [3.05, 3.63) is 52.0 Å². The van der Waals surface area contributed by atoms with E-state index in [1.165, 1.54) is 0 Å². The summed E-state index contributed by atoms with van der Waals surface area (Å²) in [5, 5.41) is 3.02. The minimum atomic E-state index is 0. The predicted octanol–water partition coefficient (Wildman–Crippen LogP) is 2.73. The van der Waals surface area contributed by atoms with Crippen molar-refractivity contribution in [1.29, 1.82) is 0 Å². The molecule has 2 aromatic rings. The van der Waals surface area contributed by atoms with E-state index in [4.69, 9.17) is 5.73 Å². The summed E-state index contributed by atoms with van der Waals surface area (Å²) < 4.78 is 0. The molecule has 114 valence electrons. The number of benzene rings is 1. The number of thiazole rings is 1. The van der Waals surface area contributed by atoms with Crippen molar-refractivity contribution >= 4 is 29.7 Å². The van der Waals surface area contributed by atoms with Gasteiger partial charge in [0.15, 0.2) is 0 Å². The van der Waals surface area contributed by atoms with E-state index in [0.29, 0.717) is 25.2 Å². The average Bonchev–Trinajstić information content (AvgIpc) is 3.01. The van der Waals surface area contributed by atoms with Crippen molar-refractivity contribution in [2.75, 3.05) is 13.1 Å². The average molecular weight is 326 g/mol. The Bertz CT molecular complexity index is 543. The Morgan fingerprint density at radius 2 is 2.05 bits per heavy atom. The topological polar surface area (TPSA) is 59.2 Å². The molecule has 0 atom stereocenters. The summed E-state index contributed by atoms with van der Waals surface area (Å²) in [5.41, 5.74) is 7.31. The summed E-state index contributed by atoms with van der Waals surface area (Å²) in [6, 6.07) is 7.50. The lowest BCUT2D eigenvalue weighted by Crippen LogP contribution is -2.32. The summed E-state index contributed by atoms with van der Waals surface area (Å²) in [5.74, 6) is 0.0626. The summed E-state index contributed by atoms with van der Waals surface area (Å²) >= 11 is 1.62. The van der Waals surface area contributed by atoms with Gasteiger partial charge in [-0.3, -0.25) is 4.79 Å². The normalized spacial score (nSPS) is 10.0. The van der Waals surface area contributed by atoms with Crippen molar-refractivity contribution in [2.24, 2.45) is 5.73 Å². The van der Waals surface area contributed by atoms with Gasteiger partial charge < -0.3 is 10.6 Å². The first-order valence-electron chi connectivity index (χ1n) is 6.71. The standard InChI is InChI=1S/C15H19N3OS.ClH/c1-2-18(9-7-14-17-8-10-20-14)15(19)13-5-3-12(11-16)4-6-13;/h3-6,8,10H,2,7,9,11,16H2,1H3;1H. The third-order valence-electron chi connectivity index (χ3n) is 3.18. The zero-order valence-electron chi connectivity index (χ0n) is 12.0. The maximum Gasteiger partial charge on any atom is 0.253 e. The molecule has 21 heavy (non-hydrogen) atoms. The molecule has 2 rings (SSSR count). The van der Waals surface area contributed by atoms with Gasteiger partial charge in [-0.05, 0) is 24.6 Å². The second-order valence-electron chi connectivity index (χ2n) is 4.46. The third-order valence-corrected chi connectivity index (χ3v) is 4.02. The number of likely N-dealkylation sites (N-methyl/N-ethyl adjacent to an activating group) is 1. The summed E-state index contributed by atoms with van der Waals surface area (Å²) in [6.07, 6.45) is 2.60. The molecular weight excluding hydrogens is 306 g/mol. The van der Waals surface area contributed by atoms with E-state index in [2.05, 4.69) is 4.98 Å². The Morgan fingerprint density at radius 3 is 2.57 bits per heavy atom. The van der Waals surface area contributed by atoms with Crippen molar-refractivity contribution in [3.8, 4) is 0 Å². The molecule has 0 fully saturated rings. The van der Waals surface area contributed by atoms with E-state index in [1.54, 1.807) is 17.5 Å². The molecule has 1 aromatic carbocycles. The smallest absolute Gasteiger partial charge is 0.253 e. The number of nitrogens with zero attached hydrogens (tertiary/aromatic N) is 2. The van der Waals surface area contributed by atoms with Gasteiger partial charge >= 0.3 is 0 Å². The highest BCUT2D eigenvalue weighted by Gasteiger charge is 2.14. The minimum Gasteiger partial charge on any atom is -0.339 e. The van der Waals surface area contributed by atoms with Gasteiger partial charge in [0.1, 0.15) is 0 Å². The maximum atomic E-state index is 12.4. The fraction of sp³-hybridized carbons (Fsp3) is 0.333. The van der Waals surface area contributed by atoms with Crippen molar-refractivity contribution in [2.45, 2.75) is 19.9 Å². The van der Waals surface area contributed by atoms with Crippen molar-refractivity contribution in [3.63, 3.8) is 0 Å². The molecule has 1 aromatic heterocycles. The molecule has 0 radical (unpaired) electrons. The number of carbonyl (C=O) groups is 1. The minimum absolute atomic E-state index is 0. The molecule has 0 aliphatic heterocycles. The Balaban J connectivity index is 0.00000220. The van der Waals surface area contributed by atoms with Crippen LogP contribution in [0.25, 0.3) is 0 Å². The summed E-state index contributed by atoms with van der Waals surface area (Å²) in [4.78, 5) is 18.5. The van der Waals surface area contributed by atoms with Crippen molar-refractivity contribution < 1.29 is 4.79 Å². The highest BCUT2D eigenvalue weighted by Crippen LogP contribution is 2.10. The second kappa shape index (κ2) is 8.77. The molecule has 0 aliphatic rings. The number of aromatic nitrogens is 1. The van der Waals surface area contributed by atoms with Crippen LogP contribution >= 0.6 is 23.7 Å². The monoisotopic (exact) mass is 325 g/mol. The quantitative estimate of drug-likeness (QED) is 0.888. The SMILES string of the molecule is CCN(CCc1nccs1)C(=O)c1ccc(CN)cc1.Cl. The van der Waals surface area contributed by atoms with Crippen LogP contribution in [0.5, 0.6) is 0 Å². The summed E-state index contributed by atoms with van der Waals surface area (Å²) in [6.45, 7) is 3.88. The summed E-state index contributed by atoms with van der Waals surface area (Å²) in [7, 11) is 0. The highest BCUT2D eigenvalue weighted by molar-refractivity contribution is 7.09. The molecular formula is C15H20ClN3OS. The molecule has 0 aliphatic carbocycles. The van der Waals surface area contributed by atoms with Crippen LogP contribution in [0.15, 0.2) is 35.8 Å². The zero-order valence-corrected chi connectivity index (χ0v) is 13.6. The lowest BCUT2D eigenvalue weighted by molar-refractivity contribution is 0.0766. The van der Waals surface area contributed by atoms with E-state index < -0.39 is 0 Å². The molecule has 0 bridgehead atoms. The molecule has 0 saturated carbocycles. The highest BCUT2D eigenvalue weighted by atomic mass is 35.5. The Morgan fingerprint density at radius 1 is 1.33 bits per heavy atom. The zero-order chi connectivity index (χ0) is 14.4. The van der Waals surface area contributed by atoms with Crippen molar-refractivity contribution in [1.82, 2.24) is 9.88 Å². The molecule has 0 saturated heterocycles. The first kappa shape index (κ1) is 17.6. The van der Waals surface area contributed by atoms with Gasteiger partial charge in [-0.15, -0.1) is 23.7 Å². The number of halogens is 1. The van der Waals surface area contributed by atoms with E-state index in [9.17, 15) is 4.79 Å². The van der Waals surface area contributed by atoms with E-state index in [1.807, 2.05) is 41.5 Å². The fourth-order valence-electron chi connectivity index (χ4n) is 1.98. The van der Waals surface area contributed by atoms with Crippen LogP contribution in [0, 0.1) is 0 Å². The molecule has 4 nitrogen and oxygen atoms in total. The largest absolute Gasteiger partial charge is 0.339 e. The number of amides is 1. The van der Waals surface area contributed by atoms with E-state index in [0.717, 1.165) is 17.0 Å². The van der Waals surface area contributed by atoms with Crippen LogP contribution in [0.2, 0.25) is 0 Å². The van der Waals surface area contributed by atoms with Gasteiger partial charge in [-0.2, -0.15) is 0 Å². The molecule has 0 unspecified atom stereocenters. The van der Waals surface area contributed by atoms with E-state index >= 15 is 0 Å². The first-order chi connectivity index (χ1) is 9.74. The second-order valence-corrected chi connectivity index (χ2v) is 5.44. The Kier molecular flexibility index (Phi) is 7.36. The molecule has 1 amide bonds. The van der Waals surface area contributed by atoms with Gasteiger partial charge in [0.25, 0.3) is 5.91 Å². The lowest BCUT2D eigenvalue weighted by atomic mass is 10.1. The number of rotatable bonds is 6. The Hall–Kier alpha value is -1.43. The molecule has 1 heterocycles. The maximum absolute atomic E-state index is 12.4. The van der Waals surface area contributed by atoms with Crippen LogP contribution in [0.3, 0.4) is 0 Å². The van der Waals surface area contributed by atoms with Crippen LogP contribution in [0.1, 0.15) is 27.9 Å². The van der Waals surface area contributed by atoms with Gasteiger partial charge in [0.2, 0.25) is 0 Å². The van der Waals surface area contributed by atoms with Gasteiger partial charge in [-0.25, -0.2) is 4.98 Å². The predicted molar refractivity (Wildman–Crippen MR) is 89.0 cm³/mol. The van der Waals surface area contributed by atoms with Gasteiger partial charge in [0.05, 0.1) is 5.01 Å². The third kappa shape index (κ3) is 4.81. The van der Waals surface area contributed by atoms with Gasteiger partial charge in [0, 0.05) is 43.2 Å². The first-order valence-corrected chi connectivity index (χ1v) is 7.59. The van der Waals surface area contributed by atoms with Crippen LogP contribution < -0.4 is 5.73 Å². The Labute approximate surface area is 135 Å². The van der Waals surface area contributed by atoms with Crippen LogP contribution in [-0.2, 0) is 13.0 Å². The molecule has 6 heteroatoms. The van der Waals surface area contributed by atoms with Crippen LogP contribution in [0.4, 0.5) is 0 Å². The van der Waals surface area contributed by atoms with Crippen LogP contribution in [-0.4, -0.2) is 28.9 Å². The molecule has 0 spiro atoms. The fourth-order valence-corrected chi connectivity index (χ4v) is 2.59. The number of hydrogen-bond donors (Lipinski definition) is 1. The number of hydrogen-bond acceptors (Lipinski definition) is 4. The van der Waals surface area contributed by atoms with Gasteiger partial charge in [-0.1, -0.05) is 12.1 Å². The lowest BCUT2D eigenvalue weighted by Gasteiger charge is -2.20. The van der Waals surface area contributed by atoms with E-state index in [-0.39, 0.29) is 18.3 Å².